The van der Waals surface area contributed by atoms with Crippen molar-refractivity contribution in [2.24, 2.45) is 5.41 Å². The number of carbonyl (C=O) groups is 1. The standard InChI is InChI=1S/C23H28ClN3O/c1-23(2)13-17-12-18(24)7-8-20(17)26-21(23)15-5-4-6-16(11-15)22(28)25-19-9-10-27(3)14-19/h4-8,11-12,19,21,26H,9-10,13-14H2,1-3H3,(H,25,28). The number of nitrogens with one attached hydrogen (secondary N) is 2. The molecule has 2 aliphatic rings. The van der Waals surface area contributed by atoms with E-state index in [9.17, 15) is 4.79 Å². The number of benzene rings is 2. The Morgan fingerprint density at radius 2 is 2.07 bits per heavy atom. The summed E-state index contributed by atoms with van der Waals surface area (Å²) in [6, 6.07) is 14.4. The van der Waals surface area contributed by atoms with Gasteiger partial charge in [0.2, 0.25) is 0 Å². The van der Waals surface area contributed by atoms with E-state index < -0.39 is 0 Å². The van der Waals surface area contributed by atoms with Crippen LogP contribution < -0.4 is 10.6 Å². The van der Waals surface area contributed by atoms with E-state index in [1.54, 1.807) is 0 Å². The molecule has 0 aromatic heterocycles. The second kappa shape index (κ2) is 7.41. The van der Waals surface area contributed by atoms with Crippen molar-refractivity contribution in [2.75, 3.05) is 25.5 Å². The first-order valence-electron chi connectivity index (χ1n) is 9.96. The number of nitrogens with zero attached hydrogens (tertiary/aromatic N) is 1. The van der Waals surface area contributed by atoms with Crippen LogP contribution in [0.3, 0.4) is 0 Å². The number of rotatable bonds is 3. The van der Waals surface area contributed by atoms with Gasteiger partial charge in [0, 0.05) is 28.9 Å². The van der Waals surface area contributed by atoms with Crippen LogP contribution in [0.4, 0.5) is 5.69 Å². The lowest BCUT2D eigenvalue weighted by atomic mass is 9.73. The summed E-state index contributed by atoms with van der Waals surface area (Å²) in [5, 5.41) is 7.63. The summed E-state index contributed by atoms with van der Waals surface area (Å²) in [4.78, 5) is 15.0. The van der Waals surface area contributed by atoms with Crippen LogP contribution in [0.25, 0.3) is 0 Å². The first kappa shape index (κ1) is 19.3. The Morgan fingerprint density at radius 1 is 1.25 bits per heavy atom. The van der Waals surface area contributed by atoms with Crippen LogP contribution in [0.15, 0.2) is 42.5 Å². The third-order valence-electron chi connectivity index (χ3n) is 6.00. The molecule has 0 saturated carbocycles. The van der Waals surface area contributed by atoms with Gasteiger partial charge in [0.05, 0.1) is 6.04 Å². The zero-order valence-electron chi connectivity index (χ0n) is 16.8. The molecule has 2 aliphatic heterocycles. The third-order valence-corrected chi connectivity index (χ3v) is 6.24. The monoisotopic (exact) mass is 397 g/mol. The minimum absolute atomic E-state index is 0.000939. The summed E-state index contributed by atoms with van der Waals surface area (Å²) in [5.41, 5.74) is 4.24. The van der Waals surface area contributed by atoms with E-state index in [-0.39, 0.29) is 23.4 Å². The van der Waals surface area contributed by atoms with Crippen LogP contribution in [-0.2, 0) is 6.42 Å². The molecule has 1 amide bonds. The quantitative estimate of drug-likeness (QED) is 0.800. The highest BCUT2D eigenvalue weighted by Crippen LogP contribution is 2.45. The lowest BCUT2D eigenvalue weighted by molar-refractivity contribution is 0.0938. The number of fused-ring (bicyclic) bond motifs is 1. The van der Waals surface area contributed by atoms with Crippen molar-refractivity contribution in [3.8, 4) is 0 Å². The van der Waals surface area contributed by atoms with Crippen molar-refractivity contribution < 1.29 is 4.79 Å². The molecule has 4 nitrogen and oxygen atoms in total. The van der Waals surface area contributed by atoms with E-state index in [1.165, 1.54) is 5.56 Å². The number of carbonyl (C=O) groups excluding carboxylic acids is 1. The summed E-state index contributed by atoms with van der Waals surface area (Å²) in [6.07, 6.45) is 1.95. The topological polar surface area (TPSA) is 44.4 Å². The molecule has 0 aliphatic carbocycles. The molecule has 2 unspecified atom stereocenters. The van der Waals surface area contributed by atoms with Gasteiger partial charge in [-0.1, -0.05) is 37.6 Å². The second-order valence-corrected chi connectivity index (χ2v) is 9.33. The molecule has 2 aromatic rings. The maximum atomic E-state index is 12.8. The molecule has 2 atom stereocenters. The Kier molecular flexibility index (Phi) is 5.11. The lowest BCUT2D eigenvalue weighted by Crippen LogP contribution is -2.37. The number of hydrogen-bond acceptors (Lipinski definition) is 3. The molecule has 4 rings (SSSR count). The van der Waals surface area contributed by atoms with E-state index in [1.807, 2.05) is 36.4 Å². The molecule has 2 aromatic carbocycles. The van der Waals surface area contributed by atoms with Gasteiger partial charge in [-0.15, -0.1) is 0 Å². The van der Waals surface area contributed by atoms with Gasteiger partial charge in [0.1, 0.15) is 0 Å². The predicted molar refractivity (Wildman–Crippen MR) is 115 cm³/mol. The average molecular weight is 398 g/mol. The number of likely N-dealkylation sites (tertiary alicyclic amines) is 1. The minimum Gasteiger partial charge on any atom is -0.377 e. The normalized spacial score (nSPS) is 23.7. The highest BCUT2D eigenvalue weighted by Gasteiger charge is 2.36. The van der Waals surface area contributed by atoms with Gasteiger partial charge in [0.25, 0.3) is 5.91 Å². The van der Waals surface area contributed by atoms with Gasteiger partial charge in [-0.3, -0.25) is 4.79 Å². The van der Waals surface area contributed by atoms with E-state index >= 15 is 0 Å². The molecule has 148 valence electrons. The van der Waals surface area contributed by atoms with Gasteiger partial charge in [-0.25, -0.2) is 0 Å². The molecular weight excluding hydrogens is 370 g/mol. The Labute approximate surface area is 172 Å². The van der Waals surface area contributed by atoms with E-state index in [2.05, 4.69) is 42.5 Å². The zero-order chi connectivity index (χ0) is 19.9. The summed E-state index contributed by atoms with van der Waals surface area (Å²) >= 11 is 6.18. The summed E-state index contributed by atoms with van der Waals surface area (Å²) in [5.74, 6) is 0.0166. The van der Waals surface area contributed by atoms with Crippen molar-refractivity contribution in [3.05, 3.63) is 64.2 Å². The number of anilines is 1. The number of halogens is 1. The van der Waals surface area contributed by atoms with Crippen LogP contribution in [0.1, 0.15) is 47.8 Å². The number of amides is 1. The zero-order valence-corrected chi connectivity index (χ0v) is 17.5. The Morgan fingerprint density at radius 3 is 2.82 bits per heavy atom. The first-order chi connectivity index (χ1) is 13.3. The summed E-state index contributed by atoms with van der Waals surface area (Å²) < 4.78 is 0. The molecule has 2 heterocycles. The fourth-order valence-electron chi connectivity index (χ4n) is 4.51. The maximum absolute atomic E-state index is 12.8. The smallest absolute Gasteiger partial charge is 0.251 e. The third kappa shape index (κ3) is 3.89. The van der Waals surface area contributed by atoms with Gasteiger partial charge in [-0.05, 0) is 73.3 Å². The van der Waals surface area contributed by atoms with Crippen molar-refractivity contribution in [1.29, 1.82) is 0 Å². The van der Waals surface area contributed by atoms with Gasteiger partial charge < -0.3 is 15.5 Å². The SMILES string of the molecule is CN1CCC(NC(=O)c2cccc(C3Nc4ccc(Cl)cc4CC3(C)C)c2)C1. The van der Waals surface area contributed by atoms with E-state index in [4.69, 9.17) is 11.6 Å². The van der Waals surface area contributed by atoms with Crippen molar-refractivity contribution in [2.45, 2.75) is 38.8 Å². The van der Waals surface area contributed by atoms with Gasteiger partial charge in [0.15, 0.2) is 0 Å². The van der Waals surface area contributed by atoms with Crippen molar-refractivity contribution in [1.82, 2.24) is 10.2 Å². The maximum Gasteiger partial charge on any atom is 0.251 e. The van der Waals surface area contributed by atoms with Crippen molar-refractivity contribution in [3.63, 3.8) is 0 Å². The molecule has 1 saturated heterocycles. The molecule has 5 heteroatoms. The van der Waals surface area contributed by atoms with Crippen LogP contribution in [0.2, 0.25) is 5.02 Å². The Bertz CT molecular complexity index is 895. The molecule has 0 spiro atoms. The van der Waals surface area contributed by atoms with E-state index in [0.29, 0.717) is 0 Å². The highest BCUT2D eigenvalue weighted by molar-refractivity contribution is 6.30. The van der Waals surface area contributed by atoms with Gasteiger partial charge in [-0.2, -0.15) is 0 Å². The Balaban J connectivity index is 1.56. The number of hydrogen-bond donors (Lipinski definition) is 2. The fourth-order valence-corrected chi connectivity index (χ4v) is 4.70. The minimum atomic E-state index is 0.000939. The van der Waals surface area contributed by atoms with Crippen LogP contribution in [0.5, 0.6) is 0 Å². The highest BCUT2D eigenvalue weighted by atomic mass is 35.5. The molecule has 28 heavy (non-hydrogen) atoms. The number of likely N-dealkylation sites (N-methyl/N-ethyl adjacent to an activating group) is 1. The fraction of sp³-hybridized carbons (Fsp3) is 0.435. The predicted octanol–water partition coefficient (Wildman–Crippen LogP) is 4.51. The largest absolute Gasteiger partial charge is 0.377 e. The molecule has 0 radical (unpaired) electrons. The first-order valence-corrected chi connectivity index (χ1v) is 10.3. The second-order valence-electron chi connectivity index (χ2n) is 8.89. The molecule has 2 N–H and O–H groups in total. The molecule has 0 bridgehead atoms. The molecule has 1 fully saturated rings. The van der Waals surface area contributed by atoms with Crippen LogP contribution in [-0.4, -0.2) is 37.0 Å². The molecular formula is C23H28ClN3O. The van der Waals surface area contributed by atoms with Crippen molar-refractivity contribution >= 4 is 23.2 Å². The summed E-state index contributed by atoms with van der Waals surface area (Å²) in [7, 11) is 2.09. The average Bonchev–Trinajstić information content (AvgIpc) is 3.05. The van der Waals surface area contributed by atoms with Crippen LogP contribution in [0, 0.1) is 5.41 Å². The Hall–Kier alpha value is -2.04. The summed E-state index contributed by atoms with van der Waals surface area (Å²) in [6.45, 7) is 6.47. The van der Waals surface area contributed by atoms with Crippen LogP contribution >= 0.6 is 11.6 Å². The lowest BCUT2D eigenvalue weighted by Gasteiger charge is -2.41. The van der Waals surface area contributed by atoms with Gasteiger partial charge >= 0.3 is 0 Å². The van der Waals surface area contributed by atoms with E-state index in [0.717, 1.165) is 47.8 Å².